The van der Waals surface area contributed by atoms with Crippen LogP contribution in [-0.2, 0) is 16.0 Å². The van der Waals surface area contributed by atoms with Crippen molar-refractivity contribution >= 4 is 5.91 Å². The Labute approximate surface area is 160 Å². The number of hydrogen-bond donors (Lipinski definition) is 0. The van der Waals surface area contributed by atoms with Crippen LogP contribution in [0.4, 0.5) is 0 Å². The van der Waals surface area contributed by atoms with Crippen LogP contribution in [0.15, 0.2) is 54.6 Å². The predicted molar refractivity (Wildman–Crippen MR) is 104 cm³/mol. The molecule has 2 aromatic carbocycles. The molecule has 1 saturated heterocycles. The maximum Gasteiger partial charge on any atom is 0.226 e. The number of nitrogens with zero attached hydrogens (tertiary/aromatic N) is 1. The normalized spacial score (nSPS) is 14.8. The molecule has 1 heterocycles. The Bertz CT molecular complexity index is 711. The molecule has 1 amide bonds. The molecule has 5 nitrogen and oxygen atoms in total. The summed E-state index contributed by atoms with van der Waals surface area (Å²) in [6.45, 7) is 2.59. The van der Waals surface area contributed by atoms with Crippen LogP contribution in [0.25, 0.3) is 0 Å². The van der Waals surface area contributed by atoms with Gasteiger partial charge in [-0.1, -0.05) is 30.3 Å². The number of benzene rings is 2. The number of carbonyl (C=O) groups excluding carboxylic acids is 1. The van der Waals surface area contributed by atoms with E-state index in [9.17, 15) is 4.79 Å². The summed E-state index contributed by atoms with van der Waals surface area (Å²) in [4.78, 5) is 14.4. The molecule has 1 aliphatic rings. The van der Waals surface area contributed by atoms with E-state index >= 15 is 0 Å². The molecule has 2 aromatic rings. The lowest BCUT2D eigenvalue weighted by molar-refractivity contribution is -0.133. The minimum atomic E-state index is 0.161. The van der Waals surface area contributed by atoms with E-state index in [0.717, 1.165) is 43.0 Å². The molecule has 1 fully saturated rings. The Morgan fingerprint density at radius 3 is 2.48 bits per heavy atom. The smallest absolute Gasteiger partial charge is 0.226 e. The van der Waals surface area contributed by atoms with Crippen LogP contribution in [0.5, 0.6) is 11.5 Å². The highest BCUT2D eigenvalue weighted by atomic mass is 16.5. The van der Waals surface area contributed by atoms with E-state index in [-0.39, 0.29) is 12.0 Å². The molecular formula is C22H27NO4. The summed E-state index contributed by atoms with van der Waals surface area (Å²) in [6, 6.07) is 17.4. The first-order valence-corrected chi connectivity index (χ1v) is 9.45. The van der Waals surface area contributed by atoms with Gasteiger partial charge >= 0.3 is 0 Å². The number of likely N-dealkylation sites (tertiary alicyclic amines) is 1. The molecule has 0 spiro atoms. The topological polar surface area (TPSA) is 48.0 Å². The summed E-state index contributed by atoms with van der Waals surface area (Å²) >= 11 is 0. The Hall–Kier alpha value is -2.53. The standard InChI is InChI=1S/C22H27NO4/c1-25-21-9-5-6-18(16-21)17-22(24)23-12-10-20(11-13-23)27-15-14-26-19-7-3-2-4-8-19/h2-9,16,20H,10-15,17H2,1H3. The van der Waals surface area contributed by atoms with Gasteiger partial charge in [-0.05, 0) is 42.7 Å². The molecule has 0 saturated carbocycles. The van der Waals surface area contributed by atoms with E-state index < -0.39 is 0 Å². The van der Waals surface area contributed by atoms with Gasteiger partial charge in [0.05, 0.1) is 26.2 Å². The van der Waals surface area contributed by atoms with E-state index in [4.69, 9.17) is 14.2 Å². The number of hydrogen-bond acceptors (Lipinski definition) is 4. The second kappa shape index (κ2) is 9.97. The quantitative estimate of drug-likeness (QED) is 0.670. The number of rotatable bonds is 8. The fraction of sp³-hybridized carbons (Fsp3) is 0.409. The van der Waals surface area contributed by atoms with Gasteiger partial charge in [-0.25, -0.2) is 0 Å². The lowest BCUT2D eigenvalue weighted by Gasteiger charge is -2.32. The number of methoxy groups -OCH3 is 1. The van der Waals surface area contributed by atoms with Crippen molar-refractivity contribution in [3.05, 3.63) is 60.2 Å². The molecule has 0 radical (unpaired) electrons. The van der Waals surface area contributed by atoms with Gasteiger partial charge in [-0.3, -0.25) is 4.79 Å². The first kappa shape index (κ1) is 19.2. The van der Waals surface area contributed by atoms with Crippen LogP contribution in [-0.4, -0.2) is 50.3 Å². The number of piperidine rings is 1. The van der Waals surface area contributed by atoms with Gasteiger partial charge in [0.2, 0.25) is 5.91 Å². The summed E-state index contributed by atoms with van der Waals surface area (Å²) < 4.78 is 16.8. The highest BCUT2D eigenvalue weighted by Crippen LogP contribution is 2.17. The third-order valence-electron chi connectivity index (χ3n) is 4.73. The van der Waals surface area contributed by atoms with Crippen LogP contribution in [0.3, 0.4) is 0 Å². The Morgan fingerprint density at radius 1 is 1.00 bits per heavy atom. The molecule has 0 unspecified atom stereocenters. The number of para-hydroxylation sites is 1. The fourth-order valence-electron chi connectivity index (χ4n) is 3.23. The average molecular weight is 369 g/mol. The van der Waals surface area contributed by atoms with Crippen LogP contribution in [0.1, 0.15) is 18.4 Å². The summed E-state index contributed by atoms with van der Waals surface area (Å²) in [5.74, 6) is 1.80. The van der Waals surface area contributed by atoms with E-state index in [1.807, 2.05) is 59.5 Å². The van der Waals surface area contributed by atoms with Gasteiger partial charge in [0.1, 0.15) is 18.1 Å². The van der Waals surface area contributed by atoms with Crippen molar-refractivity contribution in [2.24, 2.45) is 0 Å². The van der Waals surface area contributed by atoms with Crippen LogP contribution in [0.2, 0.25) is 0 Å². The van der Waals surface area contributed by atoms with Crippen LogP contribution < -0.4 is 9.47 Å². The zero-order valence-corrected chi connectivity index (χ0v) is 15.8. The second-order valence-electron chi connectivity index (χ2n) is 6.64. The van der Waals surface area contributed by atoms with E-state index in [2.05, 4.69) is 0 Å². The molecule has 3 rings (SSSR count). The molecule has 0 N–H and O–H groups in total. The predicted octanol–water partition coefficient (Wildman–Crippen LogP) is 3.32. The monoisotopic (exact) mass is 369 g/mol. The highest BCUT2D eigenvalue weighted by Gasteiger charge is 2.23. The molecule has 144 valence electrons. The lowest BCUT2D eigenvalue weighted by atomic mass is 10.1. The fourth-order valence-corrected chi connectivity index (χ4v) is 3.23. The van der Waals surface area contributed by atoms with Gasteiger partial charge in [-0.15, -0.1) is 0 Å². The summed E-state index contributed by atoms with van der Waals surface area (Å²) in [6.07, 6.45) is 2.35. The summed E-state index contributed by atoms with van der Waals surface area (Å²) in [5, 5.41) is 0. The zero-order chi connectivity index (χ0) is 18.9. The molecule has 0 bridgehead atoms. The van der Waals surface area contributed by atoms with Crippen molar-refractivity contribution in [2.75, 3.05) is 33.4 Å². The lowest BCUT2D eigenvalue weighted by Crippen LogP contribution is -2.41. The van der Waals surface area contributed by atoms with Gasteiger partial charge in [-0.2, -0.15) is 0 Å². The van der Waals surface area contributed by atoms with Crippen molar-refractivity contribution in [1.29, 1.82) is 0 Å². The minimum Gasteiger partial charge on any atom is -0.497 e. The van der Waals surface area contributed by atoms with Crippen molar-refractivity contribution in [3.63, 3.8) is 0 Å². The largest absolute Gasteiger partial charge is 0.497 e. The molecule has 0 atom stereocenters. The van der Waals surface area contributed by atoms with Crippen molar-refractivity contribution in [3.8, 4) is 11.5 Å². The van der Waals surface area contributed by atoms with E-state index in [1.165, 1.54) is 0 Å². The Morgan fingerprint density at radius 2 is 1.74 bits per heavy atom. The first-order chi connectivity index (χ1) is 13.2. The molecule has 0 aliphatic carbocycles. The number of carbonyl (C=O) groups is 1. The van der Waals surface area contributed by atoms with Gasteiger partial charge in [0.25, 0.3) is 0 Å². The molecular weight excluding hydrogens is 342 g/mol. The Kier molecular flexibility index (Phi) is 7.11. The average Bonchev–Trinajstić information content (AvgIpc) is 2.72. The maximum absolute atomic E-state index is 12.5. The van der Waals surface area contributed by atoms with Crippen molar-refractivity contribution < 1.29 is 19.0 Å². The van der Waals surface area contributed by atoms with Gasteiger partial charge in [0.15, 0.2) is 0 Å². The van der Waals surface area contributed by atoms with Crippen molar-refractivity contribution in [2.45, 2.75) is 25.4 Å². The molecule has 5 heteroatoms. The number of amides is 1. The SMILES string of the molecule is COc1cccc(CC(=O)N2CCC(OCCOc3ccccc3)CC2)c1. The Balaban J connectivity index is 1.35. The van der Waals surface area contributed by atoms with Crippen LogP contribution >= 0.6 is 0 Å². The maximum atomic E-state index is 12.5. The second-order valence-corrected chi connectivity index (χ2v) is 6.64. The highest BCUT2D eigenvalue weighted by molar-refractivity contribution is 5.79. The summed E-state index contributed by atoms with van der Waals surface area (Å²) in [7, 11) is 1.64. The van der Waals surface area contributed by atoms with E-state index in [0.29, 0.717) is 19.6 Å². The summed E-state index contributed by atoms with van der Waals surface area (Å²) in [5.41, 5.74) is 0.982. The van der Waals surface area contributed by atoms with E-state index in [1.54, 1.807) is 7.11 Å². The van der Waals surface area contributed by atoms with Gasteiger partial charge < -0.3 is 19.1 Å². The first-order valence-electron chi connectivity index (χ1n) is 9.45. The van der Waals surface area contributed by atoms with Crippen LogP contribution in [0, 0.1) is 0 Å². The molecule has 27 heavy (non-hydrogen) atoms. The van der Waals surface area contributed by atoms with Gasteiger partial charge in [0, 0.05) is 13.1 Å². The third-order valence-corrected chi connectivity index (χ3v) is 4.73. The molecule has 0 aromatic heterocycles. The third kappa shape index (κ3) is 6.00. The molecule has 1 aliphatic heterocycles. The zero-order valence-electron chi connectivity index (χ0n) is 15.8. The van der Waals surface area contributed by atoms with Crippen molar-refractivity contribution in [1.82, 2.24) is 4.90 Å². The number of ether oxygens (including phenoxy) is 3. The minimum absolute atomic E-state index is 0.161.